The molecular weight excluding hydrogens is 471 g/mol. The van der Waals surface area contributed by atoms with Crippen molar-refractivity contribution >= 4 is 54.0 Å². The molecule has 7 nitrogen and oxygen atoms in total. The Morgan fingerprint density at radius 1 is 1.28 bits per heavy atom. The average molecular weight is 497 g/mol. The summed E-state index contributed by atoms with van der Waals surface area (Å²) in [6.45, 7) is 1.49. The summed E-state index contributed by atoms with van der Waals surface area (Å²) in [7, 11) is 0.175. The molecule has 0 spiro atoms. The number of aromatic nitrogens is 1. The lowest BCUT2D eigenvalue weighted by Crippen LogP contribution is -2.48. The van der Waals surface area contributed by atoms with E-state index in [-0.39, 0.29) is 15.9 Å². The molecule has 1 aromatic carbocycles. The average Bonchev–Trinajstić information content (AvgIpc) is 3.50. The molecule has 1 aliphatic rings. The van der Waals surface area contributed by atoms with Crippen LogP contribution in [-0.4, -0.2) is 68.3 Å². The first kappa shape index (κ1) is 23.2. The van der Waals surface area contributed by atoms with Gasteiger partial charge in [0.25, 0.3) is 10.0 Å². The predicted molar refractivity (Wildman–Crippen MR) is 126 cm³/mol. The maximum absolute atomic E-state index is 13.7. The molecule has 3 heterocycles. The molecule has 1 fully saturated rings. The molecule has 0 aliphatic carbocycles. The Balaban J connectivity index is 1.65. The number of sulfonamides is 1. The molecule has 1 saturated heterocycles. The van der Waals surface area contributed by atoms with Crippen molar-refractivity contribution in [1.29, 1.82) is 0 Å². The smallest absolute Gasteiger partial charge is 0.253 e. The Morgan fingerprint density at radius 2 is 2.09 bits per heavy atom. The number of thiazole rings is 1. The number of hydrogen-bond donors (Lipinski definition) is 0. The molecule has 1 atom stereocenters. The summed E-state index contributed by atoms with van der Waals surface area (Å²) in [6.07, 6.45) is 1.79. The van der Waals surface area contributed by atoms with Crippen LogP contribution in [-0.2, 0) is 14.8 Å². The molecule has 0 saturated carbocycles. The van der Waals surface area contributed by atoms with Gasteiger partial charge in [-0.05, 0) is 69.5 Å². The van der Waals surface area contributed by atoms with Gasteiger partial charge in [0.1, 0.15) is 16.1 Å². The lowest BCUT2D eigenvalue weighted by molar-refractivity contribution is -0.121. The van der Waals surface area contributed by atoms with Gasteiger partial charge in [-0.25, -0.2) is 17.8 Å². The van der Waals surface area contributed by atoms with E-state index >= 15 is 0 Å². The summed E-state index contributed by atoms with van der Waals surface area (Å²) < 4.78 is 42.2. The fourth-order valence-electron chi connectivity index (χ4n) is 3.83. The number of halogens is 1. The van der Waals surface area contributed by atoms with Crippen LogP contribution in [0.2, 0.25) is 0 Å². The zero-order chi connectivity index (χ0) is 22.9. The number of nitrogens with zero attached hydrogens (tertiary/aromatic N) is 4. The normalized spacial score (nSPS) is 17.4. The molecule has 0 radical (unpaired) electrons. The third kappa shape index (κ3) is 4.72. The van der Waals surface area contributed by atoms with Gasteiger partial charge < -0.3 is 4.90 Å². The highest BCUT2D eigenvalue weighted by molar-refractivity contribution is 7.91. The molecule has 0 N–H and O–H groups in total. The van der Waals surface area contributed by atoms with Crippen molar-refractivity contribution in [3.63, 3.8) is 0 Å². The number of anilines is 1. The zero-order valence-electron chi connectivity index (χ0n) is 17.9. The van der Waals surface area contributed by atoms with Crippen LogP contribution in [0.1, 0.15) is 19.3 Å². The van der Waals surface area contributed by atoms with Crippen LogP contribution >= 0.6 is 22.7 Å². The summed E-state index contributed by atoms with van der Waals surface area (Å²) in [6, 6.07) is 6.83. The zero-order valence-corrected chi connectivity index (χ0v) is 20.3. The van der Waals surface area contributed by atoms with Crippen LogP contribution in [0.5, 0.6) is 0 Å². The molecule has 172 valence electrons. The maximum Gasteiger partial charge on any atom is 0.253 e. The number of amides is 1. The second kappa shape index (κ2) is 9.52. The molecule has 0 bridgehead atoms. The minimum absolute atomic E-state index is 0.242. The quantitative estimate of drug-likeness (QED) is 0.476. The topological polar surface area (TPSA) is 73.8 Å². The first-order valence-electron chi connectivity index (χ1n) is 10.3. The van der Waals surface area contributed by atoms with E-state index in [0.717, 1.165) is 17.9 Å². The Kier molecular flexibility index (Phi) is 6.91. The van der Waals surface area contributed by atoms with E-state index in [1.165, 1.54) is 27.8 Å². The number of benzene rings is 1. The van der Waals surface area contributed by atoms with Crippen molar-refractivity contribution < 1.29 is 17.6 Å². The van der Waals surface area contributed by atoms with Gasteiger partial charge in [0, 0.05) is 13.1 Å². The SMILES string of the molecule is CN(C)CCCN(C(=O)C1CCCN1S(=O)(=O)c1cccs1)c1nc2ccc(F)cc2s1. The highest BCUT2D eigenvalue weighted by atomic mass is 32.2. The van der Waals surface area contributed by atoms with Crippen molar-refractivity contribution in [2.75, 3.05) is 38.6 Å². The molecule has 11 heteroatoms. The van der Waals surface area contributed by atoms with E-state index in [2.05, 4.69) is 4.98 Å². The molecular formula is C21H25FN4O3S3. The second-order valence-corrected chi connectivity index (χ2v) is 12.0. The van der Waals surface area contributed by atoms with E-state index in [4.69, 9.17) is 0 Å². The number of carbonyl (C=O) groups is 1. The van der Waals surface area contributed by atoms with Crippen LogP contribution < -0.4 is 4.90 Å². The Bertz CT molecular complexity index is 1190. The van der Waals surface area contributed by atoms with Crippen molar-refractivity contribution in [2.24, 2.45) is 0 Å². The van der Waals surface area contributed by atoms with Crippen LogP contribution in [0.25, 0.3) is 10.2 Å². The third-order valence-corrected chi connectivity index (χ3v) is 9.69. The third-order valence-electron chi connectivity index (χ3n) is 5.37. The van der Waals surface area contributed by atoms with E-state index in [0.29, 0.717) is 47.7 Å². The highest BCUT2D eigenvalue weighted by Crippen LogP contribution is 2.33. The number of rotatable bonds is 8. The molecule has 3 aromatic rings. The van der Waals surface area contributed by atoms with E-state index in [1.807, 2.05) is 19.0 Å². The first-order chi connectivity index (χ1) is 15.3. The lowest BCUT2D eigenvalue weighted by atomic mass is 10.2. The Morgan fingerprint density at radius 3 is 2.81 bits per heavy atom. The molecule has 2 aromatic heterocycles. The highest BCUT2D eigenvalue weighted by Gasteiger charge is 2.42. The summed E-state index contributed by atoms with van der Waals surface area (Å²) in [4.78, 5) is 21.9. The molecule has 32 heavy (non-hydrogen) atoms. The van der Waals surface area contributed by atoms with E-state index < -0.39 is 16.1 Å². The summed E-state index contributed by atoms with van der Waals surface area (Å²) >= 11 is 2.40. The van der Waals surface area contributed by atoms with Gasteiger partial charge in [0.15, 0.2) is 5.13 Å². The number of carbonyl (C=O) groups excluding carboxylic acids is 1. The summed E-state index contributed by atoms with van der Waals surface area (Å²) in [5, 5.41) is 2.18. The molecule has 1 aliphatic heterocycles. The first-order valence-corrected chi connectivity index (χ1v) is 13.5. The van der Waals surface area contributed by atoms with Crippen molar-refractivity contribution in [3.8, 4) is 0 Å². The predicted octanol–water partition coefficient (Wildman–Crippen LogP) is 3.63. The van der Waals surface area contributed by atoms with E-state index in [9.17, 15) is 17.6 Å². The Labute approximate surface area is 195 Å². The molecule has 1 amide bonds. The summed E-state index contributed by atoms with van der Waals surface area (Å²) in [5.41, 5.74) is 0.617. The minimum atomic E-state index is -3.74. The fourth-order valence-corrected chi connectivity index (χ4v) is 7.62. The van der Waals surface area contributed by atoms with Crippen LogP contribution in [0.3, 0.4) is 0 Å². The largest absolute Gasteiger partial charge is 0.309 e. The van der Waals surface area contributed by atoms with Crippen LogP contribution in [0, 0.1) is 5.82 Å². The Hall–Kier alpha value is -1.92. The van der Waals surface area contributed by atoms with Crippen LogP contribution in [0.15, 0.2) is 39.9 Å². The maximum atomic E-state index is 13.7. The van der Waals surface area contributed by atoms with Gasteiger partial charge in [-0.1, -0.05) is 17.4 Å². The number of fused-ring (bicyclic) bond motifs is 1. The summed E-state index contributed by atoms with van der Waals surface area (Å²) in [5.74, 6) is -0.636. The fraction of sp³-hybridized carbons (Fsp3) is 0.429. The minimum Gasteiger partial charge on any atom is -0.309 e. The van der Waals surface area contributed by atoms with Crippen molar-refractivity contribution in [1.82, 2.24) is 14.2 Å². The van der Waals surface area contributed by atoms with Gasteiger partial charge >= 0.3 is 0 Å². The standard InChI is InChI=1S/C21H25FN4O3S3/c1-24(2)10-5-11-25(21-23-16-9-8-15(22)14-18(16)31-21)20(27)17-6-3-12-26(17)32(28,29)19-7-4-13-30-19/h4,7-9,13-14,17H,3,5-6,10-12H2,1-2H3. The second-order valence-electron chi connectivity index (χ2n) is 7.96. The van der Waals surface area contributed by atoms with Crippen molar-refractivity contribution in [3.05, 3.63) is 41.5 Å². The van der Waals surface area contributed by atoms with Gasteiger partial charge in [-0.2, -0.15) is 4.31 Å². The number of thiophene rings is 1. The monoisotopic (exact) mass is 496 g/mol. The van der Waals surface area contributed by atoms with Gasteiger partial charge in [0.2, 0.25) is 5.91 Å². The molecule has 4 rings (SSSR count). The molecule has 1 unspecified atom stereocenters. The van der Waals surface area contributed by atoms with Crippen LogP contribution in [0.4, 0.5) is 9.52 Å². The van der Waals surface area contributed by atoms with E-state index in [1.54, 1.807) is 28.5 Å². The lowest BCUT2D eigenvalue weighted by Gasteiger charge is -2.28. The van der Waals surface area contributed by atoms with Crippen molar-refractivity contribution in [2.45, 2.75) is 29.5 Å². The number of hydrogen-bond acceptors (Lipinski definition) is 7. The van der Waals surface area contributed by atoms with Gasteiger partial charge in [-0.15, -0.1) is 11.3 Å². The van der Waals surface area contributed by atoms with Gasteiger partial charge in [0.05, 0.1) is 10.2 Å². The van der Waals surface area contributed by atoms with Gasteiger partial charge in [-0.3, -0.25) is 9.69 Å².